The van der Waals surface area contributed by atoms with Gasteiger partial charge in [0, 0.05) is 36.8 Å². The molecule has 2 aliphatic rings. The normalized spacial score (nSPS) is 21.9. The third kappa shape index (κ3) is 4.12. The maximum atomic E-state index is 13.0. The van der Waals surface area contributed by atoms with Crippen LogP contribution in [0.5, 0.6) is 0 Å². The minimum atomic E-state index is -0.668. The van der Waals surface area contributed by atoms with Crippen molar-refractivity contribution in [2.45, 2.75) is 6.04 Å². The van der Waals surface area contributed by atoms with Gasteiger partial charge in [0.1, 0.15) is 5.76 Å². The van der Waals surface area contributed by atoms with Crippen LogP contribution in [0.3, 0.4) is 0 Å². The van der Waals surface area contributed by atoms with Gasteiger partial charge in [-0.25, -0.2) is 0 Å². The molecule has 1 amide bonds. The number of ether oxygens (including phenoxy) is 1. The van der Waals surface area contributed by atoms with Crippen molar-refractivity contribution in [1.29, 1.82) is 0 Å². The van der Waals surface area contributed by atoms with E-state index in [-0.39, 0.29) is 11.3 Å². The number of amides is 1. The van der Waals surface area contributed by atoms with Gasteiger partial charge in [0.2, 0.25) is 0 Å². The Labute approximate surface area is 180 Å². The van der Waals surface area contributed by atoms with Crippen LogP contribution in [0.25, 0.3) is 5.76 Å². The van der Waals surface area contributed by atoms with Crippen molar-refractivity contribution in [3.63, 3.8) is 0 Å². The number of nitrogens with zero attached hydrogens (tertiary/aromatic N) is 2. The summed E-state index contributed by atoms with van der Waals surface area (Å²) in [5.74, 6) is -1.43. The molecule has 0 bridgehead atoms. The summed E-state index contributed by atoms with van der Waals surface area (Å²) in [6.45, 7) is 3.91. The number of hydrogen-bond acceptors (Lipinski definition) is 5. The predicted molar refractivity (Wildman–Crippen MR) is 114 cm³/mol. The summed E-state index contributed by atoms with van der Waals surface area (Å²) in [7, 11) is 0. The highest BCUT2D eigenvalue weighted by Gasteiger charge is 2.46. The lowest BCUT2D eigenvalue weighted by atomic mass is 9.95. The number of morpholine rings is 1. The molecule has 0 aromatic heterocycles. The number of aliphatic hydroxyl groups excluding tert-OH is 1. The van der Waals surface area contributed by atoms with E-state index in [0.717, 1.165) is 18.7 Å². The molecule has 1 atom stereocenters. The number of aliphatic hydroxyl groups is 1. The number of carbonyl (C=O) groups excluding carboxylic acids is 2. The fourth-order valence-electron chi connectivity index (χ4n) is 3.93. The van der Waals surface area contributed by atoms with Crippen molar-refractivity contribution < 1.29 is 19.4 Å². The number of Topliss-reactive ketones (excluding diaryl/α,β-unsaturated/α-hetero) is 1. The van der Waals surface area contributed by atoms with Crippen molar-refractivity contribution in [2.24, 2.45) is 0 Å². The Morgan fingerprint density at radius 2 is 1.67 bits per heavy atom. The zero-order valence-corrected chi connectivity index (χ0v) is 17.2. The largest absolute Gasteiger partial charge is 0.507 e. The maximum Gasteiger partial charge on any atom is 0.295 e. The summed E-state index contributed by atoms with van der Waals surface area (Å²) >= 11 is 6.04. The molecule has 2 saturated heterocycles. The van der Waals surface area contributed by atoms with E-state index in [4.69, 9.17) is 16.3 Å². The van der Waals surface area contributed by atoms with E-state index in [1.807, 2.05) is 6.07 Å². The van der Waals surface area contributed by atoms with Crippen LogP contribution in [-0.4, -0.2) is 66.0 Å². The van der Waals surface area contributed by atoms with E-state index in [1.165, 1.54) is 0 Å². The first-order valence-corrected chi connectivity index (χ1v) is 10.3. The van der Waals surface area contributed by atoms with E-state index >= 15 is 0 Å². The van der Waals surface area contributed by atoms with E-state index in [2.05, 4.69) is 4.90 Å². The van der Waals surface area contributed by atoms with Gasteiger partial charge in [0.15, 0.2) is 0 Å². The Hall–Kier alpha value is -2.67. The second kappa shape index (κ2) is 9.00. The summed E-state index contributed by atoms with van der Waals surface area (Å²) < 4.78 is 5.38. The highest BCUT2D eigenvalue weighted by Crippen LogP contribution is 2.39. The number of rotatable bonds is 5. The van der Waals surface area contributed by atoms with Crippen LogP contribution in [-0.2, 0) is 14.3 Å². The second-order valence-electron chi connectivity index (χ2n) is 7.36. The van der Waals surface area contributed by atoms with Gasteiger partial charge in [-0.2, -0.15) is 0 Å². The fraction of sp³-hybridized carbons (Fsp3) is 0.304. The Bertz CT molecular complexity index is 953. The van der Waals surface area contributed by atoms with Crippen LogP contribution < -0.4 is 0 Å². The highest BCUT2D eigenvalue weighted by molar-refractivity contribution is 6.46. The van der Waals surface area contributed by atoms with Crippen LogP contribution in [0.4, 0.5) is 0 Å². The molecular formula is C23H23ClN2O4. The number of halogens is 1. The zero-order valence-electron chi connectivity index (χ0n) is 16.5. The van der Waals surface area contributed by atoms with Crippen molar-refractivity contribution in [2.75, 3.05) is 39.4 Å². The van der Waals surface area contributed by atoms with Gasteiger partial charge in [0.05, 0.1) is 24.8 Å². The van der Waals surface area contributed by atoms with E-state index in [1.54, 1.807) is 53.4 Å². The molecule has 0 unspecified atom stereocenters. The first kappa shape index (κ1) is 20.6. The fourth-order valence-corrected chi connectivity index (χ4v) is 4.05. The molecule has 0 radical (unpaired) electrons. The van der Waals surface area contributed by atoms with Gasteiger partial charge in [-0.05, 0) is 17.7 Å². The minimum absolute atomic E-state index is 0.107. The number of ketones is 1. The predicted octanol–water partition coefficient (Wildman–Crippen LogP) is 3.09. The van der Waals surface area contributed by atoms with Gasteiger partial charge >= 0.3 is 0 Å². The van der Waals surface area contributed by atoms with Gasteiger partial charge in [-0.3, -0.25) is 14.5 Å². The van der Waals surface area contributed by atoms with Crippen LogP contribution in [0.1, 0.15) is 17.2 Å². The number of likely N-dealkylation sites (tertiary alicyclic amines) is 1. The molecule has 2 heterocycles. The Balaban J connectivity index is 1.72. The maximum absolute atomic E-state index is 13.0. The smallest absolute Gasteiger partial charge is 0.295 e. The molecule has 0 saturated carbocycles. The quantitative estimate of drug-likeness (QED) is 0.452. The van der Waals surface area contributed by atoms with Crippen LogP contribution >= 0.6 is 11.6 Å². The number of benzene rings is 2. The summed E-state index contributed by atoms with van der Waals surface area (Å²) in [5, 5.41) is 11.5. The molecule has 30 heavy (non-hydrogen) atoms. The second-order valence-corrected chi connectivity index (χ2v) is 7.80. The van der Waals surface area contributed by atoms with Crippen molar-refractivity contribution >= 4 is 29.1 Å². The molecule has 4 rings (SSSR count). The summed E-state index contributed by atoms with van der Waals surface area (Å²) in [6, 6.07) is 15.2. The Morgan fingerprint density at radius 1 is 1.00 bits per heavy atom. The lowest BCUT2D eigenvalue weighted by Crippen LogP contribution is -2.42. The molecule has 0 aliphatic carbocycles. The molecule has 7 heteroatoms. The first-order chi connectivity index (χ1) is 14.6. The third-order valence-corrected chi connectivity index (χ3v) is 5.79. The van der Waals surface area contributed by atoms with Crippen molar-refractivity contribution in [1.82, 2.24) is 9.80 Å². The number of carbonyl (C=O) groups is 2. The molecular weight excluding hydrogens is 404 g/mol. The van der Waals surface area contributed by atoms with Crippen molar-refractivity contribution in [3.05, 3.63) is 76.3 Å². The highest BCUT2D eigenvalue weighted by atomic mass is 35.5. The minimum Gasteiger partial charge on any atom is -0.507 e. The standard InChI is InChI=1S/C23H23ClN2O4/c24-18-8-6-16(7-9-18)20-19(21(27)17-4-2-1-3-5-17)22(28)23(29)26(20)11-10-25-12-14-30-15-13-25/h1-9,20,27H,10-15H2/t20-/m1/s1. The molecule has 2 fully saturated rings. The van der Waals surface area contributed by atoms with E-state index < -0.39 is 17.7 Å². The summed E-state index contributed by atoms with van der Waals surface area (Å²) in [5.41, 5.74) is 1.34. The van der Waals surface area contributed by atoms with Crippen molar-refractivity contribution in [3.8, 4) is 0 Å². The molecule has 2 aromatic rings. The first-order valence-electron chi connectivity index (χ1n) is 9.95. The molecule has 0 spiro atoms. The zero-order chi connectivity index (χ0) is 21.1. The average Bonchev–Trinajstić information content (AvgIpc) is 3.04. The molecule has 2 aliphatic heterocycles. The summed E-state index contributed by atoms with van der Waals surface area (Å²) in [6.07, 6.45) is 0. The van der Waals surface area contributed by atoms with E-state index in [0.29, 0.717) is 36.9 Å². The number of hydrogen-bond donors (Lipinski definition) is 1. The van der Waals surface area contributed by atoms with E-state index in [9.17, 15) is 14.7 Å². The van der Waals surface area contributed by atoms with Crippen LogP contribution in [0.2, 0.25) is 5.02 Å². The Kier molecular flexibility index (Phi) is 6.18. The monoisotopic (exact) mass is 426 g/mol. The van der Waals surface area contributed by atoms with Gasteiger partial charge < -0.3 is 14.7 Å². The third-order valence-electron chi connectivity index (χ3n) is 5.53. The Morgan fingerprint density at radius 3 is 2.33 bits per heavy atom. The molecule has 2 aromatic carbocycles. The topological polar surface area (TPSA) is 70.1 Å². The molecule has 6 nitrogen and oxygen atoms in total. The van der Waals surface area contributed by atoms with Crippen LogP contribution in [0.15, 0.2) is 60.2 Å². The van der Waals surface area contributed by atoms with Gasteiger partial charge in [0.25, 0.3) is 11.7 Å². The van der Waals surface area contributed by atoms with Crippen LogP contribution in [0, 0.1) is 0 Å². The molecule has 156 valence electrons. The lowest BCUT2D eigenvalue weighted by Gasteiger charge is -2.31. The molecule has 1 N–H and O–H groups in total. The summed E-state index contributed by atoms with van der Waals surface area (Å²) in [4.78, 5) is 29.7. The van der Waals surface area contributed by atoms with Gasteiger partial charge in [-0.15, -0.1) is 0 Å². The van der Waals surface area contributed by atoms with Gasteiger partial charge in [-0.1, -0.05) is 54.1 Å². The average molecular weight is 427 g/mol. The SMILES string of the molecule is O=C1C(=O)N(CCN2CCOCC2)[C@H](c2ccc(Cl)cc2)C1=C(O)c1ccccc1. The lowest BCUT2D eigenvalue weighted by molar-refractivity contribution is -0.140.